The van der Waals surface area contributed by atoms with Gasteiger partial charge in [-0.2, -0.15) is 4.31 Å². The van der Waals surface area contributed by atoms with Gasteiger partial charge in [0.1, 0.15) is 6.04 Å². The Morgan fingerprint density at radius 2 is 2.21 bits per heavy atom. The molecule has 14 heavy (non-hydrogen) atoms. The van der Waals surface area contributed by atoms with Crippen LogP contribution in [0.3, 0.4) is 0 Å². The molecule has 1 saturated heterocycles. The first-order valence-electron chi connectivity index (χ1n) is 4.78. The van der Waals surface area contributed by atoms with Crippen LogP contribution in [0, 0.1) is 0 Å². The van der Waals surface area contributed by atoms with Crippen LogP contribution in [0.4, 0.5) is 0 Å². The van der Waals surface area contributed by atoms with E-state index >= 15 is 0 Å². The molecule has 1 aliphatic rings. The molecule has 0 aromatic carbocycles. The Morgan fingerprint density at radius 1 is 1.57 bits per heavy atom. The number of amides is 1. The molecule has 0 aliphatic carbocycles. The van der Waals surface area contributed by atoms with Crippen molar-refractivity contribution in [3.8, 4) is 0 Å². The fourth-order valence-electron chi connectivity index (χ4n) is 1.73. The molecule has 0 spiro atoms. The quantitative estimate of drug-likeness (QED) is 0.704. The lowest BCUT2D eigenvalue weighted by atomic mass is 10.2. The molecule has 0 bridgehead atoms. The van der Waals surface area contributed by atoms with Gasteiger partial charge in [0.05, 0.1) is 5.75 Å². The first kappa shape index (κ1) is 11.5. The third-order valence-electron chi connectivity index (χ3n) is 2.35. The van der Waals surface area contributed by atoms with E-state index in [0.717, 1.165) is 6.42 Å². The van der Waals surface area contributed by atoms with Gasteiger partial charge in [0.15, 0.2) is 0 Å². The summed E-state index contributed by atoms with van der Waals surface area (Å²) < 4.78 is 24.6. The second kappa shape index (κ2) is 4.27. The van der Waals surface area contributed by atoms with E-state index in [9.17, 15) is 13.2 Å². The minimum Gasteiger partial charge on any atom is -0.368 e. The lowest BCUT2D eigenvalue weighted by Crippen LogP contribution is -2.44. The minimum atomic E-state index is -3.27. The van der Waals surface area contributed by atoms with Gasteiger partial charge < -0.3 is 5.73 Å². The van der Waals surface area contributed by atoms with Crippen molar-refractivity contribution in [1.29, 1.82) is 0 Å². The third kappa shape index (κ3) is 2.24. The Labute approximate surface area is 84.3 Å². The van der Waals surface area contributed by atoms with E-state index < -0.39 is 22.0 Å². The van der Waals surface area contributed by atoms with E-state index in [1.807, 2.05) is 0 Å². The average molecular weight is 220 g/mol. The molecule has 0 radical (unpaired) electrons. The highest BCUT2D eigenvalue weighted by Crippen LogP contribution is 2.21. The number of nitrogens with two attached hydrogens (primary N) is 1. The number of carbonyl (C=O) groups excluding carboxylic acids is 1. The summed E-state index contributed by atoms with van der Waals surface area (Å²) in [6, 6.07) is -0.619. The predicted molar refractivity (Wildman–Crippen MR) is 53.0 cm³/mol. The number of primary amides is 1. The van der Waals surface area contributed by atoms with Crippen LogP contribution in [-0.4, -0.2) is 37.0 Å². The van der Waals surface area contributed by atoms with Gasteiger partial charge in [0.2, 0.25) is 15.9 Å². The van der Waals surface area contributed by atoms with Crippen LogP contribution in [0.15, 0.2) is 0 Å². The van der Waals surface area contributed by atoms with Gasteiger partial charge in [0.25, 0.3) is 0 Å². The largest absolute Gasteiger partial charge is 0.368 e. The van der Waals surface area contributed by atoms with Gasteiger partial charge in [0, 0.05) is 6.54 Å². The number of hydrogen-bond donors (Lipinski definition) is 1. The molecule has 0 aromatic rings. The normalized spacial score (nSPS) is 23.9. The van der Waals surface area contributed by atoms with Gasteiger partial charge in [-0.25, -0.2) is 8.42 Å². The Bertz CT molecular complexity index is 313. The Kier molecular flexibility index (Phi) is 3.49. The van der Waals surface area contributed by atoms with Gasteiger partial charge in [-0.05, 0) is 19.3 Å². The first-order chi connectivity index (χ1) is 6.49. The Balaban J connectivity index is 2.81. The standard InChI is InChI=1S/C8H16N2O3S/c1-2-6-14(12,13)10-5-3-4-7(10)8(9)11/h7H,2-6H2,1H3,(H2,9,11). The zero-order valence-electron chi connectivity index (χ0n) is 8.27. The fourth-order valence-corrected chi connectivity index (χ4v) is 3.49. The van der Waals surface area contributed by atoms with E-state index in [2.05, 4.69) is 0 Å². The van der Waals surface area contributed by atoms with Crippen molar-refractivity contribution < 1.29 is 13.2 Å². The summed E-state index contributed by atoms with van der Waals surface area (Å²) in [7, 11) is -3.27. The topological polar surface area (TPSA) is 80.5 Å². The summed E-state index contributed by atoms with van der Waals surface area (Å²) in [6.45, 7) is 2.23. The van der Waals surface area contributed by atoms with Crippen molar-refractivity contribution in [3.05, 3.63) is 0 Å². The summed E-state index contributed by atoms with van der Waals surface area (Å²) in [5.41, 5.74) is 5.14. The zero-order valence-corrected chi connectivity index (χ0v) is 9.09. The van der Waals surface area contributed by atoms with Crippen molar-refractivity contribution in [2.24, 2.45) is 5.73 Å². The molecule has 1 aliphatic heterocycles. The van der Waals surface area contributed by atoms with Crippen molar-refractivity contribution >= 4 is 15.9 Å². The molecule has 1 amide bonds. The van der Waals surface area contributed by atoms with Gasteiger partial charge in [-0.15, -0.1) is 0 Å². The second-order valence-corrected chi connectivity index (χ2v) is 5.53. The molecule has 1 rings (SSSR count). The van der Waals surface area contributed by atoms with Crippen molar-refractivity contribution in [2.75, 3.05) is 12.3 Å². The van der Waals surface area contributed by atoms with E-state index in [4.69, 9.17) is 5.73 Å². The van der Waals surface area contributed by atoms with Crippen LogP contribution in [0.1, 0.15) is 26.2 Å². The summed E-state index contributed by atoms with van der Waals surface area (Å²) in [4.78, 5) is 11.0. The summed E-state index contributed by atoms with van der Waals surface area (Å²) >= 11 is 0. The van der Waals surface area contributed by atoms with E-state index in [-0.39, 0.29) is 5.75 Å². The smallest absolute Gasteiger partial charge is 0.235 e. The van der Waals surface area contributed by atoms with Crippen molar-refractivity contribution in [1.82, 2.24) is 4.31 Å². The van der Waals surface area contributed by atoms with E-state index in [0.29, 0.717) is 19.4 Å². The van der Waals surface area contributed by atoms with Gasteiger partial charge in [-0.1, -0.05) is 6.92 Å². The Hall–Kier alpha value is -0.620. The molecule has 6 heteroatoms. The van der Waals surface area contributed by atoms with Gasteiger partial charge >= 0.3 is 0 Å². The number of sulfonamides is 1. The molecule has 1 atom stereocenters. The SMILES string of the molecule is CCCS(=O)(=O)N1CCCC1C(N)=O. The van der Waals surface area contributed by atoms with Crippen LogP contribution >= 0.6 is 0 Å². The maximum atomic E-state index is 11.7. The molecule has 82 valence electrons. The lowest BCUT2D eigenvalue weighted by molar-refractivity contribution is -0.121. The number of hydrogen-bond acceptors (Lipinski definition) is 3. The molecule has 0 aromatic heterocycles. The average Bonchev–Trinajstić information content (AvgIpc) is 2.51. The first-order valence-corrected chi connectivity index (χ1v) is 6.39. The summed E-state index contributed by atoms with van der Waals surface area (Å²) in [5, 5.41) is 0. The number of rotatable bonds is 4. The fraction of sp³-hybridized carbons (Fsp3) is 0.875. The lowest BCUT2D eigenvalue weighted by Gasteiger charge is -2.21. The maximum Gasteiger partial charge on any atom is 0.235 e. The van der Waals surface area contributed by atoms with E-state index in [1.165, 1.54) is 4.31 Å². The molecule has 5 nitrogen and oxygen atoms in total. The van der Waals surface area contributed by atoms with E-state index in [1.54, 1.807) is 6.92 Å². The molecular formula is C8H16N2O3S. The highest BCUT2D eigenvalue weighted by molar-refractivity contribution is 7.89. The third-order valence-corrected chi connectivity index (χ3v) is 4.43. The van der Waals surface area contributed by atoms with Crippen LogP contribution in [0.25, 0.3) is 0 Å². The molecular weight excluding hydrogens is 204 g/mol. The van der Waals surface area contributed by atoms with Crippen LogP contribution in [0.5, 0.6) is 0 Å². The second-order valence-electron chi connectivity index (χ2n) is 3.49. The minimum absolute atomic E-state index is 0.0940. The predicted octanol–water partition coefficient (Wildman–Crippen LogP) is -0.324. The highest BCUT2D eigenvalue weighted by atomic mass is 32.2. The van der Waals surface area contributed by atoms with Crippen molar-refractivity contribution in [2.45, 2.75) is 32.2 Å². The molecule has 1 fully saturated rings. The zero-order chi connectivity index (χ0) is 10.8. The van der Waals surface area contributed by atoms with Crippen LogP contribution in [-0.2, 0) is 14.8 Å². The molecule has 1 unspecified atom stereocenters. The van der Waals surface area contributed by atoms with Crippen LogP contribution in [0.2, 0.25) is 0 Å². The monoisotopic (exact) mass is 220 g/mol. The molecule has 1 heterocycles. The number of nitrogens with zero attached hydrogens (tertiary/aromatic N) is 1. The molecule has 2 N–H and O–H groups in total. The highest BCUT2D eigenvalue weighted by Gasteiger charge is 2.36. The number of carbonyl (C=O) groups is 1. The van der Waals surface area contributed by atoms with Crippen LogP contribution < -0.4 is 5.73 Å². The maximum absolute atomic E-state index is 11.7. The summed E-state index contributed by atoms with van der Waals surface area (Å²) in [5.74, 6) is -0.446. The Morgan fingerprint density at radius 3 is 2.71 bits per heavy atom. The summed E-state index contributed by atoms with van der Waals surface area (Å²) in [6.07, 6.45) is 1.83. The van der Waals surface area contributed by atoms with Gasteiger partial charge in [-0.3, -0.25) is 4.79 Å². The van der Waals surface area contributed by atoms with Crippen molar-refractivity contribution in [3.63, 3.8) is 0 Å². The molecule has 0 saturated carbocycles.